The van der Waals surface area contributed by atoms with E-state index in [1.54, 1.807) is 6.92 Å². The number of hydrogen-bond acceptors (Lipinski definition) is 10. The second-order valence-corrected chi connectivity index (χ2v) is 6.12. The molecule has 11 heteroatoms. The predicted molar refractivity (Wildman–Crippen MR) is 89.3 cm³/mol. The Hall–Kier alpha value is -2.53. The summed E-state index contributed by atoms with van der Waals surface area (Å²) in [5.41, 5.74) is 6.40. The normalized spacial score (nSPS) is 18.2. The smallest absolute Gasteiger partial charge is 0.360 e. The number of nitrogens with two attached hydrogens (primary N) is 1. The van der Waals surface area contributed by atoms with Crippen molar-refractivity contribution in [2.24, 2.45) is 0 Å². The second-order valence-electron chi connectivity index (χ2n) is 6.12. The van der Waals surface area contributed by atoms with Crippen LogP contribution in [0.1, 0.15) is 48.8 Å². The average molecular weight is 365 g/mol. The van der Waals surface area contributed by atoms with Gasteiger partial charge in [0.15, 0.2) is 5.69 Å². The lowest BCUT2D eigenvalue weighted by atomic mass is 9.99. The Morgan fingerprint density at radius 1 is 1.42 bits per heavy atom. The molecule has 0 unspecified atom stereocenters. The van der Waals surface area contributed by atoms with Gasteiger partial charge in [0.1, 0.15) is 0 Å². The summed E-state index contributed by atoms with van der Waals surface area (Å²) >= 11 is 0. The van der Waals surface area contributed by atoms with Crippen molar-refractivity contribution in [1.82, 2.24) is 30.2 Å². The number of piperidine rings is 1. The van der Waals surface area contributed by atoms with Gasteiger partial charge in [-0.25, -0.2) is 9.42 Å². The lowest BCUT2D eigenvalue weighted by Crippen LogP contribution is -2.40. The molecule has 1 saturated heterocycles. The quantitative estimate of drug-likeness (QED) is 0.650. The van der Waals surface area contributed by atoms with Crippen molar-refractivity contribution < 1.29 is 19.3 Å². The van der Waals surface area contributed by atoms with Crippen LogP contribution in [0.15, 0.2) is 4.63 Å². The Labute approximate surface area is 150 Å². The van der Waals surface area contributed by atoms with Gasteiger partial charge in [-0.15, -0.1) is 5.10 Å². The third kappa shape index (κ3) is 3.68. The first-order chi connectivity index (χ1) is 12.7. The van der Waals surface area contributed by atoms with Crippen molar-refractivity contribution in [2.75, 3.05) is 25.5 Å². The minimum atomic E-state index is -0.556. The second kappa shape index (κ2) is 8.23. The van der Waals surface area contributed by atoms with Crippen LogP contribution in [0.5, 0.6) is 0 Å². The lowest BCUT2D eigenvalue weighted by Gasteiger charge is -2.35. The van der Waals surface area contributed by atoms with Crippen LogP contribution >= 0.6 is 0 Å². The highest BCUT2D eigenvalue weighted by Gasteiger charge is 2.29. The maximum absolute atomic E-state index is 12.3. The molecule has 0 bridgehead atoms. The van der Waals surface area contributed by atoms with Gasteiger partial charge in [0.05, 0.1) is 12.3 Å². The Bertz CT molecular complexity index is 742. The number of hydrogen-bond donors (Lipinski definition) is 2. The Morgan fingerprint density at radius 3 is 2.96 bits per heavy atom. The Kier molecular flexibility index (Phi) is 5.78. The number of carbonyl (C=O) groups excluding carboxylic acids is 1. The monoisotopic (exact) mass is 365 g/mol. The van der Waals surface area contributed by atoms with Crippen LogP contribution in [0.3, 0.4) is 0 Å². The first-order valence-corrected chi connectivity index (χ1v) is 8.70. The molecule has 1 atom stereocenters. The molecular formula is C15H23N7O4. The average Bonchev–Trinajstić information content (AvgIpc) is 3.23. The first kappa shape index (κ1) is 18.3. The molecule has 142 valence electrons. The summed E-state index contributed by atoms with van der Waals surface area (Å²) in [6, 6.07) is 0.222. The summed E-state index contributed by atoms with van der Waals surface area (Å²) in [6.07, 6.45) is 3.82. The van der Waals surface area contributed by atoms with Gasteiger partial charge in [0.2, 0.25) is 11.6 Å². The van der Waals surface area contributed by atoms with Crippen LogP contribution in [0.2, 0.25) is 0 Å². The molecule has 0 amide bonds. The molecule has 1 aliphatic heterocycles. The van der Waals surface area contributed by atoms with Crippen molar-refractivity contribution in [2.45, 2.75) is 45.2 Å². The van der Waals surface area contributed by atoms with Crippen LogP contribution in [-0.2, 0) is 11.3 Å². The van der Waals surface area contributed by atoms with Crippen LogP contribution in [0, 0.1) is 0 Å². The maximum Gasteiger partial charge on any atom is 0.360 e. The fourth-order valence-corrected chi connectivity index (χ4v) is 3.25. The van der Waals surface area contributed by atoms with Crippen LogP contribution < -0.4 is 5.73 Å². The van der Waals surface area contributed by atoms with Gasteiger partial charge in [-0.05, 0) is 43.0 Å². The number of carbonyl (C=O) groups is 1. The predicted octanol–water partition coefficient (Wildman–Crippen LogP) is 0.146. The molecule has 2 aromatic rings. The molecule has 3 rings (SSSR count). The molecule has 1 fully saturated rings. The molecule has 0 aliphatic carbocycles. The Morgan fingerprint density at radius 2 is 2.27 bits per heavy atom. The summed E-state index contributed by atoms with van der Waals surface area (Å²) in [4.78, 5) is 14.5. The third-order valence-corrected chi connectivity index (χ3v) is 4.49. The van der Waals surface area contributed by atoms with E-state index in [0.717, 1.165) is 25.8 Å². The molecule has 2 aromatic heterocycles. The van der Waals surface area contributed by atoms with E-state index in [4.69, 9.17) is 10.5 Å². The van der Waals surface area contributed by atoms with Crippen molar-refractivity contribution in [3.8, 4) is 5.82 Å². The number of anilines is 1. The van der Waals surface area contributed by atoms with E-state index in [9.17, 15) is 9.90 Å². The van der Waals surface area contributed by atoms with E-state index < -0.39 is 5.97 Å². The van der Waals surface area contributed by atoms with Crippen LogP contribution in [0.25, 0.3) is 5.82 Å². The molecule has 0 radical (unpaired) electrons. The summed E-state index contributed by atoms with van der Waals surface area (Å²) < 4.78 is 11.1. The topological polar surface area (TPSA) is 145 Å². The van der Waals surface area contributed by atoms with E-state index in [1.165, 1.54) is 4.68 Å². The molecule has 3 heterocycles. The number of likely N-dealkylation sites (tertiary alicyclic amines) is 1. The highest BCUT2D eigenvalue weighted by Crippen LogP contribution is 2.24. The van der Waals surface area contributed by atoms with Gasteiger partial charge in [-0.3, -0.25) is 4.90 Å². The van der Waals surface area contributed by atoms with E-state index >= 15 is 0 Å². The summed E-state index contributed by atoms with van der Waals surface area (Å²) in [5, 5.41) is 24.6. The zero-order chi connectivity index (χ0) is 18.5. The number of rotatable bonds is 7. The van der Waals surface area contributed by atoms with Crippen LogP contribution in [0.4, 0.5) is 5.82 Å². The maximum atomic E-state index is 12.3. The molecule has 0 saturated carbocycles. The molecule has 0 spiro atoms. The number of ether oxygens (including phenoxy) is 1. The fraction of sp³-hybridized carbons (Fsp3) is 0.667. The van der Waals surface area contributed by atoms with Gasteiger partial charge >= 0.3 is 5.97 Å². The molecule has 1 aliphatic rings. The van der Waals surface area contributed by atoms with Crippen molar-refractivity contribution >= 4 is 11.8 Å². The number of aliphatic hydroxyl groups is 1. The zero-order valence-corrected chi connectivity index (χ0v) is 14.7. The SMILES string of the molecule is CCOC(=O)c1nnn(-c2nonc2N)c1CN1CCCC[C@H]1CCO. The number of nitrogen functional groups attached to an aromatic ring is 1. The van der Waals surface area contributed by atoms with Gasteiger partial charge < -0.3 is 15.6 Å². The third-order valence-electron chi connectivity index (χ3n) is 4.49. The molecular weight excluding hydrogens is 342 g/mol. The van der Waals surface area contributed by atoms with E-state index in [0.29, 0.717) is 18.7 Å². The molecule has 0 aromatic carbocycles. The van der Waals surface area contributed by atoms with Crippen molar-refractivity contribution in [1.29, 1.82) is 0 Å². The minimum absolute atomic E-state index is 0.0529. The van der Waals surface area contributed by atoms with Crippen molar-refractivity contribution in [3.05, 3.63) is 11.4 Å². The number of aliphatic hydroxyl groups excluding tert-OH is 1. The molecule has 11 nitrogen and oxygen atoms in total. The largest absolute Gasteiger partial charge is 0.461 e. The number of nitrogens with zero attached hydrogens (tertiary/aromatic N) is 6. The standard InChI is InChI=1S/C15H23N7O4/c1-2-25-15(24)12-11(9-21-7-4-3-5-10(21)6-8-23)22(20-17-12)14-13(16)18-26-19-14/h10,23H,2-9H2,1H3,(H2,16,18)/t10-/m0/s1. The highest BCUT2D eigenvalue weighted by molar-refractivity contribution is 5.88. The molecule has 26 heavy (non-hydrogen) atoms. The summed E-state index contributed by atoms with van der Waals surface area (Å²) in [5.74, 6) is -0.324. The fourth-order valence-electron chi connectivity index (χ4n) is 3.25. The van der Waals surface area contributed by atoms with E-state index in [-0.39, 0.29) is 36.6 Å². The zero-order valence-electron chi connectivity index (χ0n) is 14.7. The minimum Gasteiger partial charge on any atom is -0.461 e. The number of esters is 1. The number of aromatic nitrogens is 5. The first-order valence-electron chi connectivity index (χ1n) is 8.70. The van der Waals surface area contributed by atoms with E-state index in [2.05, 4.69) is 30.2 Å². The van der Waals surface area contributed by atoms with Gasteiger partial charge in [-0.1, -0.05) is 11.6 Å². The van der Waals surface area contributed by atoms with Gasteiger partial charge in [0.25, 0.3) is 0 Å². The highest BCUT2D eigenvalue weighted by atomic mass is 16.6. The van der Waals surface area contributed by atoms with E-state index in [1.807, 2.05) is 0 Å². The Balaban J connectivity index is 1.95. The van der Waals surface area contributed by atoms with Crippen LogP contribution in [-0.4, -0.2) is 67.1 Å². The van der Waals surface area contributed by atoms with Crippen molar-refractivity contribution in [3.63, 3.8) is 0 Å². The lowest BCUT2D eigenvalue weighted by molar-refractivity contribution is 0.0513. The summed E-state index contributed by atoms with van der Waals surface area (Å²) in [6.45, 7) is 3.32. The summed E-state index contributed by atoms with van der Waals surface area (Å²) in [7, 11) is 0. The van der Waals surface area contributed by atoms with Gasteiger partial charge in [0, 0.05) is 19.2 Å². The molecule has 3 N–H and O–H groups in total. The van der Waals surface area contributed by atoms with Gasteiger partial charge in [-0.2, -0.15) is 4.68 Å².